The molecule has 0 radical (unpaired) electrons. The SMILES string of the molecule is CC(C)C(=O)OC[C@H]1C[C@@H]1c1cncc(O)c1.CC(C)C(=O)OC[C@H]1C[C@@H]1c1cncc(OCc2ccccc2)c1. The third kappa shape index (κ3) is 9.30. The van der Waals surface area contributed by atoms with Crippen molar-refractivity contribution in [2.75, 3.05) is 13.2 Å². The number of esters is 2. The Balaban J connectivity index is 0.000000201. The molecule has 0 saturated heterocycles. The molecule has 2 saturated carbocycles. The largest absolute Gasteiger partial charge is 0.506 e. The van der Waals surface area contributed by atoms with Crippen LogP contribution in [0.1, 0.15) is 69.1 Å². The quantitative estimate of drug-likeness (QED) is 0.282. The first kappa shape index (κ1) is 30.0. The van der Waals surface area contributed by atoms with Gasteiger partial charge in [0.1, 0.15) is 18.1 Å². The van der Waals surface area contributed by atoms with Gasteiger partial charge in [0, 0.05) is 24.2 Å². The Morgan fingerprint density at radius 1 is 0.805 bits per heavy atom. The highest BCUT2D eigenvalue weighted by Crippen LogP contribution is 2.48. The number of ether oxygens (including phenoxy) is 3. The number of hydrogen-bond acceptors (Lipinski definition) is 8. The van der Waals surface area contributed by atoms with E-state index in [1.807, 2.05) is 70.3 Å². The van der Waals surface area contributed by atoms with Crippen molar-refractivity contribution >= 4 is 11.9 Å². The van der Waals surface area contributed by atoms with Crippen LogP contribution in [0.4, 0.5) is 0 Å². The average Bonchev–Trinajstić information content (AvgIpc) is 3.90. The van der Waals surface area contributed by atoms with Gasteiger partial charge in [0.15, 0.2) is 0 Å². The van der Waals surface area contributed by atoms with E-state index in [-0.39, 0.29) is 29.5 Å². The zero-order chi connectivity index (χ0) is 29.4. The second kappa shape index (κ2) is 14.1. The minimum Gasteiger partial charge on any atom is -0.506 e. The van der Waals surface area contributed by atoms with E-state index in [1.54, 1.807) is 18.5 Å². The maximum absolute atomic E-state index is 11.5. The van der Waals surface area contributed by atoms with Crippen molar-refractivity contribution < 1.29 is 28.9 Å². The van der Waals surface area contributed by atoms with Crippen LogP contribution in [0.25, 0.3) is 0 Å². The van der Waals surface area contributed by atoms with Gasteiger partial charge in [-0.25, -0.2) is 0 Å². The van der Waals surface area contributed by atoms with Gasteiger partial charge in [0.25, 0.3) is 0 Å². The number of hydrogen-bond donors (Lipinski definition) is 1. The van der Waals surface area contributed by atoms with E-state index >= 15 is 0 Å². The van der Waals surface area contributed by atoms with E-state index in [9.17, 15) is 14.7 Å². The first-order valence-electron chi connectivity index (χ1n) is 14.3. The van der Waals surface area contributed by atoms with Crippen LogP contribution in [-0.2, 0) is 25.7 Å². The van der Waals surface area contributed by atoms with E-state index in [4.69, 9.17) is 14.2 Å². The van der Waals surface area contributed by atoms with Crippen molar-refractivity contribution in [3.05, 3.63) is 83.9 Å². The molecule has 218 valence electrons. The fourth-order valence-electron chi connectivity index (χ4n) is 4.50. The second-order valence-electron chi connectivity index (χ2n) is 11.5. The summed E-state index contributed by atoms with van der Waals surface area (Å²) in [5.74, 6) is 2.11. The molecule has 3 aromatic rings. The average molecular weight is 561 g/mol. The van der Waals surface area contributed by atoms with Gasteiger partial charge in [0.2, 0.25) is 0 Å². The van der Waals surface area contributed by atoms with Crippen molar-refractivity contribution in [2.45, 2.75) is 59.0 Å². The topological polar surface area (TPSA) is 108 Å². The Morgan fingerprint density at radius 2 is 1.34 bits per heavy atom. The first-order chi connectivity index (χ1) is 19.7. The Morgan fingerprint density at radius 3 is 1.88 bits per heavy atom. The van der Waals surface area contributed by atoms with Gasteiger partial charge < -0.3 is 19.3 Å². The van der Waals surface area contributed by atoms with Crippen LogP contribution in [-0.4, -0.2) is 40.2 Å². The number of carbonyl (C=O) groups excluding carboxylic acids is 2. The minimum absolute atomic E-state index is 0.0708. The fourth-order valence-corrected chi connectivity index (χ4v) is 4.50. The fraction of sp³-hybridized carbons (Fsp3) is 0.455. The molecule has 2 fully saturated rings. The van der Waals surface area contributed by atoms with Gasteiger partial charge in [-0.05, 0) is 53.5 Å². The van der Waals surface area contributed by atoms with Gasteiger partial charge in [-0.2, -0.15) is 0 Å². The molecule has 1 aromatic carbocycles. The molecule has 0 spiro atoms. The molecule has 8 nitrogen and oxygen atoms in total. The highest BCUT2D eigenvalue weighted by Gasteiger charge is 2.40. The van der Waals surface area contributed by atoms with Crippen LogP contribution in [0.3, 0.4) is 0 Å². The molecular weight excluding hydrogens is 520 g/mol. The molecule has 0 amide bonds. The minimum atomic E-state index is -0.148. The summed E-state index contributed by atoms with van der Waals surface area (Å²) >= 11 is 0. The molecule has 2 aromatic heterocycles. The molecule has 5 rings (SSSR count). The molecule has 1 N–H and O–H groups in total. The molecule has 2 heterocycles. The summed E-state index contributed by atoms with van der Waals surface area (Å²) in [6.45, 7) is 8.85. The first-order valence-corrected chi connectivity index (χ1v) is 14.3. The van der Waals surface area contributed by atoms with E-state index in [0.29, 0.717) is 43.5 Å². The second-order valence-corrected chi connectivity index (χ2v) is 11.5. The lowest BCUT2D eigenvalue weighted by Crippen LogP contribution is -2.13. The standard InChI is InChI=1S/C20H23NO3.C13H17NO3/c1-14(2)20(22)24-13-17-9-19(17)16-8-18(11-21-10-16)23-12-15-6-4-3-5-7-15;1-8(2)13(16)17-7-10-4-12(10)9-3-11(15)6-14-5-9/h3-8,10-11,14,17,19H,9,12-13H2,1-2H3;3,5-6,8,10,12,15H,4,7H2,1-2H3/t17-,19-;10-,12-/m11/s1. The Labute approximate surface area is 242 Å². The summed E-state index contributed by atoms with van der Waals surface area (Å²) in [6.07, 6.45) is 8.83. The number of benzene rings is 1. The smallest absolute Gasteiger partial charge is 0.308 e. The lowest BCUT2D eigenvalue weighted by Gasteiger charge is -2.08. The summed E-state index contributed by atoms with van der Waals surface area (Å²) < 4.78 is 16.3. The summed E-state index contributed by atoms with van der Waals surface area (Å²) in [4.78, 5) is 31.1. The third-order valence-electron chi connectivity index (χ3n) is 7.25. The Bertz CT molecular complexity index is 1300. The van der Waals surface area contributed by atoms with Crippen LogP contribution in [0.15, 0.2) is 67.3 Å². The van der Waals surface area contributed by atoms with Gasteiger partial charge in [-0.15, -0.1) is 0 Å². The van der Waals surface area contributed by atoms with E-state index in [2.05, 4.69) is 9.97 Å². The number of rotatable bonds is 11. The van der Waals surface area contributed by atoms with Gasteiger partial charge in [-0.3, -0.25) is 19.6 Å². The van der Waals surface area contributed by atoms with Crippen LogP contribution in [0, 0.1) is 23.7 Å². The molecule has 41 heavy (non-hydrogen) atoms. The van der Waals surface area contributed by atoms with Gasteiger partial charge in [-0.1, -0.05) is 58.0 Å². The molecule has 0 aliphatic heterocycles. The number of nitrogens with zero attached hydrogens (tertiary/aromatic N) is 2. The third-order valence-corrected chi connectivity index (χ3v) is 7.25. The number of carbonyl (C=O) groups is 2. The van der Waals surface area contributed by atoms with Gasteiger partial charge in [0.05, 0.1) is 37.4 Å². The van der Waals surface area contributed by atoms with Crippen molar-refractivity contribution in [1.29, 1.82) is 0 Å². The molecule has 0 unspecified atom stereocenters. The summed E-state index contributed by atoms with van der Waals surface area (Å²) in [5, 5.41) is 9.32. The Kier molecular flexibility index (Phi) is 10.3. The molecular formula is C33H40N2O6. The molecule has 8 heteroatoms. The highest BCUT2D eigenvalue weighted by molar-refractivity contribution is 5.71. The normalized spacial score (nSPS) is 20.5. The zero-order valence-electron chi connectivity index (χ0n) is 24.2. The maximum atomic E-state index is 11.5. The van der Waals surface area contributed by atoms with Crippen molar-refractivity contribution in [2.24, 2.45) is 23.7 Å². The lowest BCUT2D eigenvalue weighted by atomic mass is 10.1. The summed E-state index contributed by atoms with van der Waals surface area (Å²) in [6, 6.07) is 13.8. The monoisotopic (exact) mass is 560 g/mol. The summed E-state index contributed by atoms with van der Waals surface area (Å²) in [7, 11) is 0. The van der Waals surface area contributed by atoms with Crippen LogP contribution < -0.4 is 4.74 Å². The molecule has 0 bridgehead atoms. The van der Waals surface area contributed by atoms with Crippen LogP contribution in [0.2, 0.25) is 0 Å². The zero-order valence-corrected chi connectivity index (χ0v) is 24.2. The summed E-state index contributed by atoms with van der Waals surface area (Å²) in [5.41, 5.74) is 3.31. The predicted molar refractivity (Wildman–Crippen MR) is 154 cm³/mol. The molecule has 4 atom stereocenters. The molecule has 2 aliphatic carbocycles. The van der Waals surface area contributed by atoms with Crippen LogP contribution >= 0.6 is 0 Å². The molecule has 2 aliphatic rings. The lowest BCUT2D eigenvalue weighted by molar-refractivity contribution is -0.148. The van der Waals surface area contributed by atoms with Gasteiger partial charge >= 0.3 is 11.9 Å². The van der Waals surface area contributed by atoms with E-state index in [0.717, 1.165) is 35.3 Å². The highest BCUT2D eigenvalue weighted by atomic mass is 16.5. The van der Waals surface area contributed by atoms with E-state index in [1.165, 1.54) is 6.20 Å². The van der Waals surface area contributed by atoms with E-state index < -0.39 is 0 Å². The van der Waals surface area contributed by atoms with Crippen LogP contribution in [0.5, 0.6) is 11.5 Å². The Hall–Kier alpha value is -3.94. The van der Waals surface area contributed by atoms with Crippen molar-refractivity contribution in [3.8, 4) is 11.5 Å². The predicted octanol–water partition coefficient (Wildman–Crippen LogP) is 6.05. The maximum Gasteiger partial charge on any atom is 0.308 e. The van der Waals surface area contributed by atoms with Crippen molar-refractivity contribution in [1.82, 2.24) is 9.97 Å². The van der Waals surface area contributed by atoms with Crippen molar-refractivity contribution in [3.63, 3.8) is 0 Å². The number of pyridine rings is 2. The number of aromatic nitrogens is 2. The number of aromatic hydroxyl groups is 1.